The summed E-state index contributed by atoms with van der Waals surface area (Å²) in [5.74, 6) is 0. The van der Waals surface area contributed by atoms with E-state index in [1.54, 1.807) is 0 Å². The highest BCUT2D eigenvalue weighted by atomic mass is 14.1. The molecule has 0 N–H and O–H groups in total. The fraction of sp³-hybridized carbons (Fsp3) is 0.0833. The average Bonchev–Trinajstić information content (AvgIpc) is 2.82. The lowest BCUT2D eigenvalue weighted by atomic mass is 9.96. The van der Waals surface area contributed by atoms with Crippen LogP contribution in [0.25, 0.3) is 22.4 Å². The zero-order chi connectivity index (χ0) is 16.4. The zero-order valence-electron chi connectivity index (χ0n) is 13.9. The van der Waals surface area contributed by atoms with Gasteiger partial charge in [-0.2, -0.15) is 0 Å². The molecule has 0 saturated heterocycles. The minimum absolute atomic E-state index is 0.967. The van der Waals surface area contributed by atoms with Crippen molar-refractivity contribution in [3.05, 3.63) is 107 Å². The van der Waals surface area contributed by atoms with Gasteiger partial charge in [0.15, 0.2) is 0 Å². The first-order chi connectivity index (χ1) is 11.8. The molecule has 0 aliphatic heterocycles. The van der Waals surface area contributed by atoms with E-state index in [-0.39, 0.29) is 0 Å². The molecule has 1 aliphatic rings. The topological polar surface area (TPSA) is 0 Å². The molecular weight excluding hydrogens is 288 g/mol. The van der Waals surface area contributed by atoms with Crippen LogP contribution >= 0.6 is 0 Å². The van der Waals surface area contributed by atoms with Crippen LogP contribution in [0.2, 0.25) is 0 Å². The highest BCUT2D eigenvalue weighted by Gasteiger charge is 2.10. The summed E-state index contributed by atoms with van der Waals surface area (Å²) in [6, 6.07) is 23.8. The van der Waals surface area contributed by atoms with E-state index in [0.717, 1.165) is 6.42 Å². The summed E-state index contributed by atoms with van der Waals surface area (Å²) in [4.78, 5) is 0. The molecule has 0 unspecified atom stereocenters. The number of hydrogen-bond acceptors (Lipinski definition) is 0. The monoisotopic (exact) mass is 308 g/mol. The normalized spacial score (nSPS) is 15.7. The quantitative estimate of drug-likeness (QED) is 0.511. The molecule has 0 aromatic heterocycles. The molecule has 0 atom stereocenters. The molecule has 0 nitrogen and oxygen atoms in total. The van der Waals surface area contributed by atoms with Crippen molar-refractivity contribution in [2.24, 2.45) is 0 Å². The Hall–Kier alpha value is -2.86. The second-order valence-corrected chi connectivity index (χ2v) is 6.20. The SMILES string of the molecule is C/C=C(\C=C1\C=Cc2cccc3cccc(c23)C1)c1ccccc1. The Morgan fingerprint density at radius 1 is 0.833 bits per heavy atom. The summed E-state index contributed by atoms with van der Waals surface area (Å²) in [7, 11) is 0. The third-order valence-corrected chi connectivity index (χ3v) is 4.65. The van der Waals surface area contributed by atoms with Gasteiger partial charge < -0.3 is 0 Å². The standard InChI is InChI=1S/C24H20/c1-2-19(20-8-4-3-5-9-20)16-18-14-15-22-12-6-10-21-11-7-13-23(17-18)24(21)22/h2-16H,17H2,1H3/b18-16-,19-2+. The lowest BCUT2D eigenvalue weighted by Crippen LogP contribution is -1.90. The molecule has 0 fully saturated rings. The van der Waals surface area contributed by atoms with Crippen LogP contribution in [0.1, 0.15) is 23.6 Å². The molecule has 0 heteroatoms. The molecule has 24 heavy (non-hydrogen) atoms. The van der Waals surface area contributed by atoms with E-state index >= 15 is 0 Å². The summed E-state index contributed by atoms with van der Waals surface area (Å²) in [6.45, 7) is 2.11. The molecule has 0 amide bonds. The van der Waals surface area contributed by atoms with Crippen LogP contribution in [0.5, 0.6) is 0 Å². The van der Waals surface area contributed by atoms with Gasteiger partial charge in [0.25, 0.3) is 0 Å². The van der Waals surface area contributed by atoms with Gasteiger partial charge in [-0.3, -0.25) is 0 Å². The summed E-state index contributed by atoms with van der Waals surface area (Å²) < 4.78 is 0. The van der Waals surface area contributed by atoms with Crippen LogP contribution in [0.15, 0.2) is 90.5 Å². The largest absolute Gasteiger partial charge is 0.0798 e. The molecule has 4 rings (SSSR count). The van der Waals surface area contributed by atoms with Gasteiger partial charge in [-0.25, -0.2) is 0 Å². The van der Waals surface area contributed by atoms with Crippen molar-refractivity contribution in [1.29, 1.82) is 0 Å². The lowest BCUT2D eigenvalue weighted by Gasteiger charge is -2.08. The first-order valence-corrected chi connectivity index (χ1v) is 8.46. The molecule has 0 saturated carbocycles. The Bertz CT molecular complexity index is 964. The number of allylic oxidation sites excluding steroid dienone is 5. The third kappa shape index (κ3) is 2.72. The van der Waals surface area contributed by atoms with Crippen LogP contribution in [-0.4, -0.2) is 0 Å². The van der Waals surface area contributed by atoms with Crippen LogP contribution < -0.4 is 0 Å². The van der Waals surface area contributed by atoms with E-state index in [9.17, 15) is 0 Å². The summed E-state index contributed by atoms with van der Waals surface area (Å²) in [5.41, 5.74) is 6.60. The Morgan fingerprint density at radius 3 is 2.42 bits per heavy atom. The Labute approximate surface area is 143 Å². The Morgan fingerprint density at radius 2 is 1.62 bits per heavy atom. The maximum absolute atomic E-state index is 2.32. The first-order valence-electron chi connectivity index (χ1n) is 8.46. The van der Waals surface area contributed by atoms with Crippen LogP contribution in [0.4, 0.5) is 0 Å². The van der Waals surface area contributed by atoms with E-state index in [0.29, 0.717) is 0 Å². The highest BCUT2D eigenvalue weighted by molar-refractivity contribution is 5.95. The zero-order valence-corrected chi connectivity index (χ0v) is 13.9. The van der Waals surface area contributed by atoms with E-state index in [4.69, 9.17) is 0 Å². The molecule has 1 aliphatic carbocycles. The molecule has 3 aromatic rings. The molecule has 0 spiro atoms. The summed E-state index contributed by atoms with van der Waals surface area (Å²) in [5, 5.41) is 2.71. The summed E-state index contributed by atoms with van der Waals surface area (Å²) >= 11 is 0. The van der Waals surface area contributed by atoms with Gasteiger partial charge >= 0.3 is 0 Å². The highest BCUT2D eigenvalue weighted by Crippen LogP contribution is 2.30. The molecule has 0 bridgehead atoms. The van der Waals surface area contributed by atoms with Crippen molar-refractivity contribution in [3.8, 4) is 0 Å². The summed E-state index contributed by atoms with van der Waals surface area (Å²) in [6.07, 6.45) is 9.99. The van der Waals surface area contributed by atoms with E-state index in [1.807, 2.05) is 0 Å². The van der Waals surface area contributed by atoms with Crippen molar-refractivity contribution < 1.29 is 0 Å². The van der Waals surface area contributed by atoms with Gasteiger partial charge in [0.2, 0.25) is 0 Å². The van der Waals surface area contributed by atoms with Gasteiger partial charge in [-0.1, -0.05) is 91.0 Å². The second kappa shape index (κ2) is 6.33. The minimum Gasteiger partial charge on any atom is -0.0798 e. The van der Waals surface area contributed by atoms with Crippen molar-refractivity contribution in [2.75, 3.05) is 0 Å². The fourth-order valence-electron chi connectivity index (χ4n) is 3.47. The van der Waals surface area contributed by atoms with Crippen LogP contribution in [-0.2, 0) is 6.42 Å². The van der Waals surface area contributed by atoms with Gasteiger partial charge in [-0.05, 0) is 52.0 Å². The van der Waals surface area contributed by atoms with Crippen molar-refractivity contribution in [3.63, 3.8) is 0 Å². The average molecular weight is 308 g/mol. The smallest absolute Gasteiger partial charge is 0.00192 e. The van der Waals surface area contributed by atoms with Gasteiger partial charge in [0.05, 0.1) is 0 Å². The Balaban J connectivity index is 1.79. The maximum Gasteiger partial charge on any atom is -0.00192 e. The Kier molecular flexibility index (Phi) is 3.88. The lowest BCUT2D eigenvalue weighted by molar-refractivity contribution is 1.23. The second-order valence-electron chi connectivity index (χ2n) is 6.20. The van der Waals surface area contributed by atoms with Crippen molar-refractivity contribution in [1.82, 2.24) is 0 Å². The van der Waals surface area contributed by atoms with Crippen molar-refractivity contribution >= 4 is 22.4 Å². The molecular formula is C24H20. The number of benzene rings is 3. The van der Waals surface area contributed by atoms with E-state index in [2.05, 4.69) is 98.0 Å². The van der Waals surface area contributed by atoms with Gasteiger partial charge in [0, 0.05) is 0 Å². The van der Waals surface area contributed by atoms with E-state index < -0.39 is 0 Å². The van der Waals surface area contributed by atoms with Crippen LogP contribution in [0.3, 0.4) is 0 Å². The van der Waals surface area contributed by atoms with Crippen LogP contribution in [0, 0.1) is 0 Å². The minimum atomic E-state index is 0.967. The number of rotatable bonds is 2. The van der Waals surface area contributed by atoms with E-state index in [1.165, 1.54) is 38.6 Å². The third-order valence-electron chi connectivity index (χ3n) is 4.65. The fourth-order valence-corrected chi connectivity index (χ4v) is 3.47. The first kappa shape index (κ1) is 14.7. The van der Waals surface area contributed by atoms with Gasteiger partial charge in [0.1, 0.15) is 0 Å². The molecule has 3 aromatic carbocycles. The molecule has 116 valence electrons. The number of hydrogen-bond donors (Lipinski definition) is 0. The van der Waals surface area contributed by atoms with Crippen molar-refractivity contribution in [2.45, 2.75) is 13.3 Å². The molecule has 0 radical (unpaired) electrons. The predicted octanol–water partition coefficient (Wildman–Crippen LogP) is 6.44. The maximum atomic E-state index is 2.32. The predicted molar refractivity (Wildman–Crippen MR) is 105 cm³/mol. The van der Waals surface area contributed by atoms with Gasteiger partial charge in [-0.15, -0.1) is 0 Å². The molecule has 0 heterocycles.